The Bertz CT molecular complexity index is 1400. The number of rotatable bonds is 4. The van der Waals surface area contributed by atoms with Crippen molar-refractivity contribution in [3.05, 3.63) is 93.0 Å². The number of amides is 1. The second-order valence-corrected chi connectivity index (χ2v) is 7.97. The van der Waals surface area contributed by atoms with Crippen LogP contribution in [-0.2, 0) is 6.18 Å². The van der Waals surface area contributed by atoms with Crippen LogP contribution >= 0.6 is 0 Å². The molecular weight excluding hydrogens is 433 g/mol. The molecule has 0 saturated heterocycles. The van der Waals surface area contributed by atoms with Crippen LogP contribution < -0.4 is 10.9 Å². The zero-order valence-electron chi connectivity index (χ0n) is 18.1. The summed E-state index contributed by atoms with van der Waals surface area (Å²) in [6.45, 7) is 5.62. The first kappa shape index (κ1) is 22.3. The summed E-state index contributed by atoms with van der Waals surface area (Å²) in [5.41, 5.74) is 3.16. The summed E-state index contributed by atoms with van der Waals surface area (Å²) in [5, 5.41) is 6.93. The van der Waals surface area contributed by atoms with Crippen LogP contribution in [0.15, 0.2) is 59.5 Å². The molecular formula is C24H21F3N4O2. The van der Waals surface area contributed by atoms with Gasteiger partial charge in [0.05, 0.1) is 23.5 Å². The quantitative estimate of drug-likeness (QED) is 0.464. The predicted molar refractivity (Wildman–Crippen MR) is 118 cm³/mol. The van der Waals surface area contributed by atoms with Gasteiger partial charge in [0.1, 0.15) is 5.52 Å². The summed E-state index contributed by atoms with van der Waals surface area (Å²) < 4.78 is 39.6. The third kappa shape index (κ3) is 4.52. The van der Waals surface area contributed by atoms with Gasteiger partial charge in [-0.15, -0.1) is 0 Å². The summed E-state index contributed by atoms with van der Waals surface area (Å²) in [6, 6.07) is 11.2. The molecule has 9 heteroatoms. The fourth-order valence-electron chi connectivity index (χ4n) is 3.48. The number of hydrogen-bond acceptors (Lipinski definition) is 3. The van der Waals surface area contributed by atoms with E-state index in [4.69, 9.17) is 0 Å². The van der Waals surface area contributed by atoms with E-state index in [1.54, 1.807) is 13.1 Å². The average Bonchev–Trinajstić information content (AvgIpc) is 3.20. The number of benzene rings is 2. The van der Waals surface area contributed by atoms with E-state index in [-0.39, 0.29) is 11.2 Å². The Morgan fingerprint density at radius 1 is 1.06 bits per heavy atom. The minimum absolute atomic E-state index is 0.0245. The molecule has 0 aliphatic rings. The number of aryl methyl sites for hydroxylation is 2. The summed E-state index contributed by atoms with van der Waals surface area (Å²) in [7, 11) is 0. The van der Waals surface area contributed by atoms with E-state index >= 15 is 0 Å². The van der Waals surface area contributed by atoms with Crippen molar-refractivity contribution in [3.8, 4) is 11.3 Å². The molecule has 1 unspecified atom stereocenters. The standard InChI is InChI=1S/C24H21F3N4O2/c1-13-4-5-17(10-14(13)2)20-12-31-21(23(33)29-20)11-19(30-31)22(32)28-15(3)16-6-8-18(9-7-16)24(25,26)27/h4-12,15H,1-3H3,(H,28,32)(H,29,33). The summed E-state index contributed by atoms with van der Waals surface area (Å²) >= 11 is 0. The zero-order valence-corrected chi connectivity index (χ0v) is 18.1. The molecule has 1 atom stereocenters. The van der Waals surface area contributed by atoms with Gasteiger partial charge in [-0.25, -0.2) is 4.52 Å². The van der Waals surface area contributed by atoms with Crippen molar-refractivity contribution in [1.82, 2.24) is 19.9 Å². The predicted octanol–water partition coefficient (Wildman–Crippen LogP) is 4.82. The molecule has 33 heavy (non-hydrogen) atoms. The molecule has 4 aromatic rings. The van der Waals surface area contributed by atoms with E-state index in [9.17, 15) is 22.8 Å². The molecule has 170 valence electrons. The second-order valence-electron chi connectivity index (χ2n) is 7.97. The minimum Gasteiger partial charge on any atom is -0.344 e. The van der Waals surface area contributed by atoms with E-state index in [2.05, 4.69) is 15.4 Å². The van der Waals surface area contributed by atoms with Crippen LogP contribution in [0.5, 0.6) is 0 Å². The minimum atomic E-state index is -4.43. The van der Waals surface area contributed by atoms with Gasteiger partial charge in [0.15, 0.2) is 5.69 Å². The highest BCUT2D eigenvalue weighted by Crippen LogP contribution is 2.30. The van der Waals surface area contributed by atoms with Crippen molar-refractivity contribution in [3.63, 3.8) is 0 Å². The highest BCUT2D eigenvalue weighted by molar-refractivity contribution is 5.93. The fourth-order valence-corrected chi connectivity index (χ4v) is 3.48. The first-order valence-electron chi connectivity index (χ1n) is 10.2. The number of halogens is 3. The number of fused-ring (bicyclic) bond motifs is 1. The SMILES string of the molecule is Cc1ccc(-c2cn3nc(C(=O)NC(C)c4ccc(C(F)(F)F)cc4)cc3c(=O)[nH]2)cc1C. The molecule has 2 heterocycles. The molecule has 2 aromatic carbocycles. The molecule has 0 fully saturated rings. The summed E-state index contributed by atoms with van der Waals surface area (Å²) in [4.78, 5) is 28.1. The van der Waals surface area contributed by atoms with Crippen LogP contribution in [0.25, 0.3) is 16.8 Å². The van der Waals surface area contributed by atoms with Crippen molar-refractivity contribution in [2.45, 2.75) is 33.0 Å². The van der Waals surface area contributed by atoms with Crippen molar-refractivity contribution in [1.29, 1.82) is 0 Å². The fraction of sp³-hybridized carbons (Fsp3) is 0.208. The van der Waals surface area contributed by atoms with Gasteiger partial charge in [-0.1, -0.05) is 24.3 Å². The number of hydrogen-bond donors (Lipinski definition) is 2. The Balaban J connectivity index is 1.58. The zero-order chi connectivity index (χ0) is 23.9. The van der Waals surface area contributed by atoms with Gasteiger partial charge in [-0.2, -0.15) is 18.3 Å². The Morgan fingerprint density at radius 3 is 2.39 bits per heavy atom. The van der Waals surface area contributed by atoms with Crippen molar-refractivity contribution >= 4 is 11.4 Å². The van der Waals surface area contributed by atoms with Crippen LogP contribution in [0.2, 0.25) is 0 Å². The smallest absolute Gasteiger partial charge is 0.344 e. The maximum absolute atomic E-state index is 12.8. The number of nitrogens with zero attached hydrogens (tertiary/aromatic N) is 2. The molecule has 6 nitrogen and oxygen atoms in total. The van der Waals surface area contributed by atoms with Crippen LogP contribution in [0, 0.1) is 13.8 Å². The van der Waals surface area contributed by atoms with Crippen LogP contribution in [0.1, 0.15) is 45.7 Å². The summed E-state index contributed by atoms with van der Waals surface area (Å²) in [6.07, 6.45) is -2.79. The van der Waals surface area contributed by atoms with E-state index in [0.717, 1.165) is 28.8 Å². The van der Waals surface area contributed by atoms with Gasteiger partial charge in [0.25, 0.3) is 11.5 Å². The van der Waals surface area contributed by atoms with E-state index in [1.165, 1.54) is 22.7 Å². The molecule has 0 spiro atoms. The van der Waals surface area contributed by atoms with Crippen LogP contribution in [-0.4, -0.2) is 20.5 Å². The Kier molecular flexibility index (Phi) is 5.57. The highest BCUT2D eigenvalue weighted by atomic mass is 19.4. The number of alkyl halides is 3. The molecule has 0 bridgehead atoms. The molecule has 1 amide bonds. The average molecular weight is 454 g/mol. The van der Waals surface area contributed by atoms with E-state index in [0.29, 0.717) is 11.3 Å². The van der Waals surface area contributed by atoms with Gasteiger partial charge in [-0.05, 0) is 61.2 Å². The maximum atomic E-state index is 12.8. The van der Waals surface area contributed by atoms with Crippen molar-refractivity contribution < 1.29 is 18.0 Å². The lowest BCUT2D eigenvalue weighted by atomic mass is 10.0. The highest BCUT2D eigenvalue weighted by Gasteiger charge is 2.30. The Hall–Kier alpha value is -3.88. The number of carbonyl (C=O) groups is 1. The molecule has 2 N–H and O–H groups in total. The first-order valence-corrected chi connectivity index (χ1v) is 10.2. The lowest BCUT2D eigenvalue weighted by Crippen LogP contribution is -2.27. The molecule has 0 radical (unpaired) electrons. The summed E-state index contributed by atoms with van der Waals surface area (Å²) in [5.74, 6) is -0.543. The topological polar surface area (TPSA) is 79.3 Å². The Labute approximate surface area is 187 Å². The normalized spacial score (nSPS) is 12.7. The van der Waals surface area contributed by atoms with Gasteiger partial charge >= 0.3 is 6.18 Å². The molecule has 0 saturated carbocycles. The maximum Gasteiger partial charge on any atom is 0.416 e. The number of nitrogens with one attached hydrogen (secondary N) is 2. The van der Waals surface area contributed by atoms with Gasteiger partial charge in [-0.3, -0.25) is 9.59 Å². The number of aromatic amines is 1. The van der Waals surface area contributed by atoms with Gasteiger partial charge in [0, 0.05) is 6.07 Å². The Morgan fingerprint density at radius 2 is 1.76 bits per heavy atom. The molecule has 0 aliphatic carbocycles. The lowest BCUT2D eigenvalue weighted by Gasteiger charge is -2.14. The van der Waals surface area contributed by atoms with Crippen molar-refractivity contribution in [2.24, 2.45) is 0 Å². The molecule has 2 aromatic heterocycles. The first-order chi connectivity index (χ1) is 15.5. The lowest BCUT2D eigenvalue weighted by molar-refractivity contribution is -0.137. The number of aromatic nitrogens is 3. The van der Waals surface area contributed by atoms with E-state index < -0.39 is 29.2 Å². The van der Waals surface area contributed by atoms with Crippen LogP contribution in [0.4, 0.5) is 13.2 Å². The number of H-pyrrole nitrogens is 1. The van der Waals surface area contributed by atoms with Gasteiger partial charge < -0.3 is 10.3 Å². The monoisotopic (exact) mass is 454 g/mol. The third-order valence-corrected chi connectivity index (χ3v) is 5.60. The second kappa shape index (κ2) is 8.23. The van der Waals surface area contributed by atoms with Crippen LogP contribution in [0.3, 0.4) is 0 Å². The van der Waals surface area contributed by atoms with Gasteiger partial charge in [0.2, 0.25) is 0 Å². The third-order valence-electron chi connectivity index (χ3n) is 5.60. The van der Waals surface area contributed by atoms with E-state index in [1.807, 2.05) is 32.0 Å². The molecule has 4 rings (SSSR count). The largest absolute Gasteiger partial charge is 0.416 e. The number of carbonyl (C=O) groups excluding carboxylic acids is 1. The molecule has 0 aliphatic heterocycles. The van der Waals surface area contributed by atoms with Crippen molar-refractivity contribution in [2.75, 3.05) is 0 Å².